The summed E-state index contributed by atoms with van der Waals surface area (Å²) in [4.78, 5) is 10.8. The lowest BCUT2D eigenvalue weighted by Crippen LogP contribution is -2.34. The Kier molecular flexibility index (Phi) is 6.57. The minimum atomic E-state index is -4.93. The van der Waals surface area contributed by atoms with Gasteiger partial charge in [0, 0.05) is 6.42 Å². The molecule has 130 valence electrons. The monoisotopic (exact) mass is 354 g/mol. The highest BCUT2D eigenvalue weighted by atomic mass is 32.2. The van der Waals surface area contributed by atoms with Gasteiger partial charge in [-0.15, -0.1) is 0 Å². The molecule has 5 nitrogen and oxygen atoms in total. The van der Waals surface area contributed by atoms with Crippen molar-refractivity contribution in [2.24, 2.45) is 0 Å². The number of aryl methyl sites for hydroxylation is 1. The molecular formula is C14H17F3O5S. The molecule has 0 spiro atoms. The molecule has 1 aromatic carbocycles. The van der Waals surface area contributed by atoms with E-state index in [1.165, 1.54) is 19.1 Å². The first-order valence-corrected chi connectivity index (χ1v) is 8.19. The molecule has 0 N–H and O–H groups in total. The summed E-state index contributed by atoms with van der Waals surface area (Å²) in [6.45, 7) is 3.24. The second kappa shape index (κ2) is 7.78. The van der Waals surface area contributed by atoms with E-state index in [4.69, 9.17) is 0 Å². The Balaban J connectivity index is 2.88. The Morgan fingerprint density at radius 3 is 2.26 bits per heavy atom. The maximum atomic E-state index is 12.9. The van der Waals surface area contributed by atoms with Gasteiger partial charge in [-0.1, -0.05) is 17.7 Å². The van der Waals surface area contributed by atoms with Crippen molar-refractivity contribution in [2.45, 2.75) is 43.9 Å². The zero-order valence-corrected chi connectivity index (χ0v) is 13.4. The first kappa shape index (κ1) is 19.4. The van der Waals surface area contributed by atoms with Gasteiger partial charge < -0.3 is 4.74 Å². The van der Waals surface area contributed by atoms with Crippen LogP contribution in [0.2, 0.25) is 0 Å². The summed E-state index contributed by atoms with van der Waals surface area (Å²) in [6.07, 6.45) is -8.97. The second-order valence-electron chi connectivity index (χ2n) is 4.74. The van der Waals surface area contributed by atoms with Gasteiger partial charge in [-0.05, 0) is 32.4 Å². The lowest BCUT2D eigenvalue weighted by molar-refractivity contribution is -0.196. The van der Waals surface area contributed by atoms with Crippen molar-refractivity contribution in [3.63, 3.8) is 0 Å². The number of hydrogen-bond acceptors (Lipinski definition) is 5. The summed E-state index contributed by atoms with van der Waals surface area (Å²) in [5, 5.41) is 0. The lowest BCUT2D eigenvalue weighted by atomic mass is 10.2. The van der Waals surface area contributed by atoms with Crippen molar-refractivity contribution in [3.8, 4) is 0 Å². The molecule has 0 radical (unpaired) electrons. The third kappa shape index (κ3) is 6.19. The zero-order valence-electron chi connectivity index (χ0n) is 12.6. The molecule has 23 heavy (non-hydrogen) atoms. The second-order valence-corrected chi connectivity index (χ2v) is 6.31. The number of halogens is 3. The van der Waals surface area contributed by atoms with Gasteiger partial charge in [-0.3, -0.25) is 8.98 Å². The highest BCUT2D eigenvalue weighted by Gasteiger charge is 2.44. The summed E-state index contributed by atoms with van der Waals surface area (Å²) >= 11 is 0. The SMILES string of the molecule is CCOC(=O)CC[C@H](OS(=O)(=O)c1ccc(C)cc1)C(F)(F)F. The fourth-order valence-electron chi connectivity index (χ4n) is 1.66. The van der Waals surface area contributed by atoms with Gasteiger partial charge in [0.05, 0.1) is 11.5 Å². The number of carbonyl (C=O) groups excluding carboxylic acids is 1. The van der Waals surface area contributed by atoms with Crippen LogP contribution in [0.1, 0.15) is 25.3 Å². The van der Waals surface area contributed by atoms with Crippen molar-refractivity contribution in [1.29, 1.82) is 0 Å². The molecule has 0 heterocycles. The van der Waals surface area contributed by atoms with E-state index in [1.54, 1.807) is 6.92 Å². The number of carbonyl (C=O) groups is 1. The molecule has 9 heteroatoms. The molecule has 0 amide bonds. The standard InChI is InChI=1S/C14H17F3O5S/c1-3-21-13(18)9-8-12(14(15,16)17)22-23(19,20)11-6-4-10(2)5-7-11/h4-7,12H,3,8-9H2,1-2H3/t12-/m0/s1. The predicted molar refractivity (Wildman–Crippen MR) is 75.2 cm³/mol. The maximum Gasteiger partial charge on any atom is 0.416 e. The molecule has 0 unspecified atom stereocenters. The Bertz CT molecular complexity index is 623. The fourth-order valence-corrected chi connectivity index (χ4v) is 2.75. The molecule has 1 rings (SSSR count). The average Bonchev–Trinajstić information content (AvgIpc) is 2.43. The highest BCUT2D eigenvalue weighted by molar-refractivity contribution is 7.86. The summed E-state index contributed by atoms with van der Waals surface area (Å²) in [5.41, 5.74) is 0.749. The first-order valence-electron chi connectivity index (χ1n) is 6.78. The summed E-state index contributed by atoms with van der Waals surface area (Å²) in [6, 6.07) is 5.20. The van der Waals surface area contributed by atoms with Gasteiger partial charge in [0.25, 0.3) is 10.1 Å². The quantitative estimate of drug-likeness (QED) is 0.556. The highest BCUT2D eigenvalue weighted by Crippen LogP contribution is 2.29. The van der Waals surface area contributed by atoms with Gasteiger partial charge in [0.15, 0.2) is 6.10 Å². The van der Waals surface area contributed by atoms with Gasteiger partial charge >= 0.3 is 12.1 Å². The number of alkyl halides is 3. The summed E-state index contributed by atoms with van der Waals surface area (Å²) < 4.78 is 71.5. The van der Waals surface area contributed by atoms with E-state index in [-0.39, 0.29) is 11.5 Å². The molecule has 0 aliphatic rings. The zero-order chi connectivity index (χ0) is 17.7. The third-order valence-electron chi connectivity index (χ3n) is 2.83. The molecule has 0 aliphatic carbocycles. The number of hydrogen-bond donors (Lipinski definition) is 0. The molecule has 0 saturated heterocycles. The molecule has 0 saturated carbocycles. The van der Waals surface area contributed by atoms with E-state index in [9.17, 15) is 26.4 Å². The Morgan fingerprint density at radius 2 is 1.78 bits per heavy atom. The molecule has 0 aliphatic heterocycles. The number of rotatable bonds is 7. The van der Waals surface area contributed by atoms with Crippen LogP contribution in [0.4, 0.5) is 13.2 Å². The summed E-state index contributed by atoms with van der Waals surface area (Å²) in [7, 11) is -4.59. The van der Waals surface area contributed by atoms with Crippen molar-refractivity contribution in [2.75, 3.05) is 6.61 Å². The average molecular weight is 354 g/mol. The van der Waals surface area contributed by atoms with Gasteiger partial charge in [-0.2, -0.15) is 21.6 Å². The van der Waals surface area contributed by atoms with E-state index in [1.807, 2.05) is 0 Å². The molecule has 1 atom stereocenters. The largest absolute Gasteiger partial charge is 0.466 e. The van der Waals surface area contributed by atoms with E-state index in [2.05, 4.69) is 8.92 Å². The van der Waals surface area contributed by atoms with Gasteiger partial charge in [0.2, 0.25) is 0 Å². The first-order chi connectivity index (χ1) is 10.6. The van der Waals surface area contributed by atoms with Crippen molar-refractivity contribution >= 4 is 16.1 Å². The Morgan fingerprint density at radius 1 is 1.22 bits per heavy atom. The van der Waals surface area contributed by atoms with Crippen molar-refractivity contribution < 1.29 is 35.3 Å². The maximum absolute atomic E-state index is 12.9. The van der Waals surface area contributed by atoms with Crippen LogP contribution >= 0.6 is 0 Å². The van der Waals surface area contributed by atoms with Crippen LogP contribution in [-0.4, -0.2) is 33.3 Å². The fraction of sp³-hybridized carbons (Fsp3) is 0.500. The predicted octanol–water partition coefficient (Wildman–Crippen LogP) is 2.97. The molecule has 1 aromatic rings. The van der Waals surface area contributed by atoms with E-state index < -0.39 is 41.2 Å². The van der Waals surface area contributed by atoms with E-state index in [0.29, 0.717) is 0 Å². The van der Waals surface area contributed by atoms with Crippen LogP contribution in [0.5, 0.6) is 0 Å². The van der Waals surface area contributed by atoms with E-state index in [0.717, 1.165) is 17.7 Å². The number of esters is 1. The van der Waals surface area contributed by atoms with Gasteiger partial charge in [-0.25, -0.2) is 0 Å². The molecule has 0 aromatic heterocycles. The smallest absolute Gasteiger partial charge is 0.416 e. The van der Waals surface area contributed by atoms with Crippen molar-refractivity contribution in [1.82, 2.24) is 0 Å². The topological polar surface area (TPSA) is 69.7 Å². The normalized spacial score (nSPS) is 13.6. The van der Waals surface area contributed by atoms with Crippen LogP contribution in [0.15, 0.2) is 29.2 Å². The van der Waals surface area contributed by atoms with Crippen LogP contribution in [-0.2, 0) is 23.8 Å². The van der Waals surface area contributed by atoms with Crippen LogP contribution < -0.4 is 0 Å². The molecular weight excluding hydrogens is 337 g/mol. The molecule has 0 bridgehead atoms. The van der Waals surface area contributed by atoms with E-state index >= 15 is 0 Å². The number of benzene rings is 1. The van der Waals surface area contributed by atoms with Gasteiger partial charge in [0.1, 0.15) is 0 Å². The summed E-state index contributed by atoms with van der Waals surface area (Å²) in [5.74, 6) is -0.849. The third-order valence-corrected chi connectivity index (χ3v) is 4.17. The Hall–Kier alpha value is -1.61. The minimum absolute atomic E-state index is 0.0258. The van der Waals surface area contributed by atoms with Crippen molar-refractivity contribution in [3.05, 3.63) is 29.8 Å². The minimum Gasteiger partial charge on any atom is -0.466 e. The number of ether oxygens (including phenoxy) is 1. The van der Waals surface area contributed by atoms with Crippen LogP contribution in [0.25, 0.3) is 0 Å². The van der Waals surface area contributed by atoms with Crippen LogP contribution in [0.3, 0.4) is 0 Å². The van der Waals surface area contributed by atoms with Crippen LogP contribution in [0, 0.1) is 6.92 Å². The lowest BCUT2D eigenvalue weighted by Gasteiger charge is -2.20. The molecule has 0 fully saturated rings. The Labute approximate surface area is 132 Å².